The fraction of sp³-hybridized carbons (Fsp3) is 0.231. The van der Waals surface area contributed by atoms with E-state index in [-0.39, 0.29) is 5.91 Å². The maximum Gasteiger partial charge on any atom is 0.251 e. The summed E-state index contributed by atoms with van der Waals surface area (Å²) < 4.78 is 0.924. The molecule has 0 spiro atoms. The second kappa shape index (κ2) is 6.11. The lowest BCUT2D eigenvalue weighted by Crippen LogP contribution is -2.25. The van der Waals surface area contributed by atoms with Crippen molar-refractivity contribution in [3.05, 3.63) is 50.4 Å². The highest BCUT2D eigenvalue weighted by Gasteiger charge is 2.06. The molecule has 2 aromatic rings. The molecule has 3 nitrogen and oxygen atoms in total. The molecule has 1 aromatic heterocycles. The molecular formula is C13H13BrN2OS. The van der Waals surface area contributed by atoms with Crippen molar-refractivity contribution in [1.82, 2.24) is 10.3 Å². The summed E-state index contributed by atoms with van der Waals surface area (Å²) in [5, 5.41) is 5.88. The zero-order chi connectivity index (χ0) is 13.0. The van der Waals surface area contributed by atoms with E-state index in [0.29, 0.717) is 12.1 Å². The fourth-order valence-corrected chi connectivity index (χ4v) is 2.86. The van der Waals surface area contributed by atoms with Crippen LogP contribution in [0, 0.1) is 6.92 Å². The molecule has 1 aromatic carbocycles. The van der Waals surface area contributed by atoms with E-state index in [0.717, 1.165) is 21.5 Å². The van der Waals surface area contributed by atoms with Crippen LogP contribution >= 0.6 is 27.3 Å². The number of aromatic nitrogens is 1. The van der Waals surface area contributed by atoms with Gasteiger partial charge in [0.15, 0.2) is 0 Å². The van der Waals surface area contributed by atoms with E-state index >= 15 is 0 Å². The van der Waals surface area contributed by atoms with Gasteiger partial charge in [-0.15, -0.1) is 11.3 Å². The summed E-state index contributed by atoms with van der Waals surface area (Å²) in [4.78, 5) is 16.1. The topological polar surface area (TPSA) is 42.0 Å². The molecule has 0 aliphatic heterocycles. The molecule has 0 aliphatic rings. The largest absolute Gasteiger partial charge is 0.352 e. The summed E-state index contributed by atoms with van der Waals surface area (Å²) in [5.74, 6) is -0.0454. The van der Waals surface area contributed by atoms with Crippen LogP contribution in [0.3, 0.4) is 0 Å². The van der Waals surface area contributed by atoms with Crippen LogP contribution in [-0.4, -0.2) is 17.4 Å². The number of aryl methyl sites for hydroxylation is 1. The number of hydrogen-bond donors (Lipinski definition) is 1. The van der Waals surface area contributed by atoms with E-state index in [2.05, 4.69) is 26.2 Å². The third kappa shape index (κ3) is 3.65. The van der Waals surface area contributed by atoms with Gasteiger partial charge < -0.3 is 5.32 Å². The zero-order valence-electron chi connectivity index (χ0n) is 9.94. The molecule has 0 bridgehead atoms. The quantitative estimate of drug-likeness (QED) is 0.938. The minimum atomic E-state index is -0.0454. The summed E-state index contributed by atoms with van der Waals surface area (Å²) in [5.41, 5.74) is 1.75. The number of rotatable bonds is 4. The average Bonchev–Trinajstić information content (AvgIpc) is 2.80. The van der Waals surface area contributed by atoms with Crippen LogP contribution in [0.2, 0.25) is 0 Å². The molecule has 0 saturated carbocycles. The zero-order valence-corrected chi connectivity index (χ0v) is 12.3. The van der Waals surface area contributed by atoms with Gasteiger partial charge in [0.2, 0.25) is 0 Å². The van der Waals surface area contributed by atoms with Gasteiger partial charge in [-0.2, -0.15) is 0 Å². The molecular weight excluding hydrogens is 312 g/mol. The Bertz CT molecular complexity index is 520. The Balaban J connectivity index is 1.91. The molecule has 1 N–H and O–H groups in total. The third-order valence-corrected chi connectivity index (χ3v) is 3.71. The van der Waals surface area contributed by atoms with E-state index in [1.807, 2.05) is 30.5 Å². The van der Waals surface area contributed by atoms with Gasteiger partial charge in [-0.1, -0.05) is 15.9 Å². The average molecular weight is 325 g/mol. The molecule has 0 saturated heterocycles. The predicted molar refractivity (Wildman–Crippen MR) is 77.0 cm³/mol. The van der Waals surface area contributed by atoms with Crippen LogP contribution in [0.5, 0.6) is 0 Å². The lowest BCUT2D eigenvalue weighted by molar-refractivity contribution is 0.0954. The molecule has 18 heavy (non-hydrogen) atoms. The first-order valence-corrected chi connectivity index (χ1v) is 7.26. The smallest absolute Gasteiger partial charge is 0.251 e. The van der Waals surface area contributed by atoms with Crippen LogP contribution in [0.4, 0.5) is 0 Å². The van der Waals surface area contributed by atoms with E-state index in [1.54, 1.807) is 17.5 Å². The molecule has 0 radical (unpaired) electrons. The summed E-state index contributed by atoms with van der Waals surface area (Å²) >= 11 is 5.00. The van der Waals surface area contributed by atoms with Crippen LogP contribution in [0.1, 0.15) is 20.9 Å². The van der Waals surface area contributed by atoms with Crippen molar-refractivity contribution in [2.24, 2.45) is 0 Å². The number of nitrogens with one attached hydrogen (secondary N) is 1. The summed E-state index contributed by atoms with van der Waals surface area (Å²) in [7, 11) is 0. The number of carbonyl (C=O) groups excluding carboxylic acids is 1. The second-order valence-corrected chi connectivity index (χ2v) is 5.84. The second-order valence-electron chi connectivity index (χ2n) is 3.95. The maximum absolute atomic E-state index is 11.9. The summed E-state index contributed by atoms with van der Waals surface area (Å²) in [6.45, 7) is 2.58. The van der Waals surface area contributed by atoms with Gasteiger partial charge in [0.25, 0.3) is 5.91 Å². The van der Waals surface area contributed by atoms with E-state index in [1.165, 1.54) is 0 Å². The van der Waals surface area contributed by atoms with Gasteiger partial charge in [0.1, 0.15) is 0 Å². The van der Waals surface area contributed by atoms with Crippen LogP contribution in [0.25, 0.3) is 0 Å². The minimum absolute atomic E-state index is 0.0454. The van der Waals surface area contributed by atoms with Crippen molar-refractivity contribution in [3.63, 3.8) is 0 Å². The number of benzene rings is 1. The molecule has 2 rings (SSSR count). The highest BCUT2D eigenvalue weighted by atomic mass is 79.9. The lowest BCUT2D eigenvalue weighted by atomic mass is 10.1. The number of halogens is 1. The maximum atomic E-state index is 11.9. The number of thiazole rings is 1. The Labute approximate surface area is 118 Å². The van der Waals surface area contributed by atoms with Gasteiger partial charge >= 0.3 is 0 Å². The summed E-state index contributed by atoms with van der Waals surface area (Å²) in [6, 6.07) is 5.68. The number of nitrogens with zero attached hydrogens (tertiary/aromatic N) is 1. The van der Waals surface area contributed by atoms with E-state index < -0.39 is 0 Å². The Morgan fingerprint density at radius 2 is 2.28 bits per heavy atom. The molecule has 0 unspecified atom stereocenters. The number of amides is 1. The fourth-order valence-electron chi connectivity index (χ4n) is 1.63. The molecule has 0 fully saturated rings. The third-order valence-electron chi connectivity index (χ3n) is 2.41. The Morgan fingerprint density at radius 3 is 2.94 bits per heavy atom. The summed E-state index contributed by atoms with van der Waals surface area (Å²) in [6.07, 6.45) is 2.55. The molecule has 1 amide bonds. The van der Waals surface area contributed by atoms with Crippen molar-refractivity contribution in [2.45, 2.75) is 13.3 Å². The monoisotopic (exact) mass is 324 g/mol. The normalized spacial score (nSPS) is 10.3. The van der Waals surface area contributed by atoms with Crippen molar-refractivity contribution >= 4 is 33.2 Å². The molecule has 0 atom stereocenters. The van der Waals surface area contributed by atoms with Crippen molar-refractivity contribution in [3.8, 4) is 0 Å². The molecule has 5 heteroatoms. The van der Waals surface area contributed by atoms with Crippen LogP contribution < -0.4 is 5.32 Å². The first kappa shape index (κ1) is 13.2. The lowest BCUT2D eigenvalue weighted by Gasteiger charge is -2.05. The van der Waals surface area contributed by atoms with E-state index in [9.17, 15) is 4.79 Å². The van der Waals surface area contributed by atoms with E-state index in [4.69, 9.17) is 0 Å². The first-order chi connectivity index (χ1) is 8.65. The van der Waals surface area contributed by atoms with Gasteiger partial charge in [-0.25, -0.2) is 4.98 Å². The van der Waals surface area contributed by atoms with Gasteiger partial charge in [-0.3, -0.25) is 4.79 Å². The predicted octanol–water partition coefficient (Wildman–Crippen LogP) is 3.19. The standard InChI is InChI=1S/C13H13BrN2OS/c1-9-6-10(8-11(14)7-9)13(17)16-3-2-12-15-4-5-18-12/h4-8H,2-3H2,1H3,(H,16,17). The Hall–Kier alpha value is -1.20. The van der Waals surface area contributed by atoms with Crippen molar-refractivity contribution in [1.29, 1.82) is 0 Å². The SMILES string of the molecule is Cc1cc(Br)cc(C(=O)NCCc2nccs2)c1. The van der Waals surface area contributed by atoms with Gasteiger partial charge in [0.05, 0.1) is 5.01 Å². The van der Waals surface area contributed by atoms with Gasteiger partial charge in [-0.05, 0) is 30.7 Å². The molecule has 1 heterocycles. The van der Waals surface area contributed by atoms with Gasteiger partial charge in [0, 0.05) is 34.6 Å². The first-order valence-electron chi connectivity index (χ1n) is 5.59. The molecule has 94 valence electrons. The number of carbonyl (C=O) groups is 1. The highest BCUT2D eigenvalue weighted by molar-refractivity contribution is 9.10. The van der Waals surface area contributed by atoms with Crippen LogP contribution in [0.15, 0.2) is 34.2 Å². The van der Waals surface area contributed by atoms with Crippen LogP contribution in [-0.2, 0) is 6.42 Å². The number of hydrogen-bond acceptors (Lipinski definition) is 3. The molecule has 0 aliphatic carbocycles. The highest BCUT2D eigenvalue weighted by Crippen LogP contribution is 2.15. The Morgan fingerprint density at radius 1 is 1.44 bits per heavy atom. The van der Waals surface area contributed by atoms with Crippen molar-refractivity contribution < 1.29 is 4.79 Å². The van der Waals surface area contributed by atoms with Crippen molar-refractivity contribution in [2.75, 3.05) is 6.54 Å². The minimum Gasteiger partial charge on any atom is -0.352 e. The Kier molecular flexibility index (Phi) is 4.49.